The van der Waals surface area contributed by atoms with Gasteiger partial charge in [0.1, 0.15) is 12.9 Å². The van der Waals surface area contributed by atoms with Gasteiger partial charge in [0.05, 0.1) is 37.0 Å². The number of carbonyl (C=O) groups excluding carboxylic acids is 1. The topological polar surface area (TPSA) is 66.4 Å². The number of esters is 1. The number of hydrogen-bond acceptors (Lipinski definition) is 7. The molecule has 0 saturated carbocycles. The minimum atomic E-state index is -0.460. The van der Waals surface area contributed by atoms with Crippen LogP contribution in [0.2, 0.25) is 0 Å². The molecule has 0 N–H and O–H groups in total. The lowest BCUT2D eigenvalue weighted by molar-refractivity contribution is -0.135. The molecule has 0 saturated heterocycles. The van der Waals surface area contributed by atoms with Crippen molar-refractivity contribution in [2.75, 3.05) is 28.4 Å². The van der Waals surface area contributed by atoms with Crippen LogP contribution in [0.3, 0.4) is 0 Å². The average Bonchev–Trinajstić information content (AvgIpc) is 3.09. The summed E-state index contributed by atoms with van der Waals surface area (Å²) in [7, 11) is 5.99. The summed E-state index contributed by atoms with van der Waals surface area (Å²) in [5, 5.41) is 5.96. The maximum absolute atomic E-state index is 11.4. The minimum Gasteiger partial charge on any atom is -0.500 e. The number of oxime groups is 1. The molecule has 1 heterocycles. The maximum atomic E-state index is 11.4. The van der Waals surface area contributed by atoms with Crippen molar-refractivity contribution >= 4 is 29.1 Å². The van der Waals surface area contributed by atoms with Crippen LogP contribution >= 0.6 is 11.3 Å². The maximum Gasteiger partial charge on any atom is 0.333 e. The van der Waals surface area contributed by atoms with Gasteiger partial charge in [-0.2, -0.15) is 0 Å². The number of thiophene rings is 1. The molecule has 0 unspecified atom stereocenters. The molecule has 1 aromatic heterocycles. The van der Waals surface area contributed by atoms with Crippen molar-refractivity contribution in [2.24, 2.45) is 11.1 Å². The van der Waals surface area contributed by atoms with Crippen LogP contribution in [-0.2, 0) is 23.8 Å². The van der Waals surface area contributed by atoms with E-state index in [0.29, 0.717) is 5.76 Å². The van der Waals surface area contributed by atoms with E-state index in [1.54, 1.807) is 18.4 Å². The molecule has 0 amide bonds. The van der Waals surface area contributed by atoms with Crippen LogP contribution in [0.5, 0.6) is 0 Å². The van der Waals surface area contributed by atoms with Crippen LogP contribution in [0.1, 0.15) is 24.3 Å². The predicted molar refractivity (Wildman–Crippen MR) is 99.6 cm³/mol. The number of hydrogen-bond donors (Lipinski definition) is 0. The summed E-state index contributed by atoms with van der Waals surface area (Å²) >= 11 is 1.59. The Morgan fingerprint density at radius 2 is 1.96 bits per heavy atom. The number of ether oxygens (including phenoxy) is 3. The van der Waals surface area contributed by atoms with E-state index in [9.17, 15) is 4.79 Å². The highest BCUT2D eigenvalue weighted by Crippen LogP contribution is 2.22. The molecule has 138 valence electrons. The van der Waals surface area contributed by atoms with Gasteiger partial charge in [-0.1, -0.05) is 24.2 Å². The SMILES string of the molecule is CO/N=C(/C)c1cc(/C=C/[C@H](OC)[C@@H](C)/C(=C\C(=O)OC)OC)cs1. The molecule has 0 aliphatic carbocycles. The van der Waals surface area contributed by atoms with Gasteiger partial charge >= 0.3 is 5.97 Å². The molecular formula is C18H25NO5S. The van der Waals surface area contributed by atoms with Crippen molar-refractivity contribution in [1.29, 1.82) is 0 Å². The van der Waals surface area contributed by atoms with Crippen molar-refractivity contribution in [1.82, 2.24) is 0 Å². The van der Waals surface area contributed by atoms with E-state index in [2.05, 4.69) is 9.89 Å². The average molecular weight is 367 g/mol. The molecule has 2 atom stereocenters. The van der Waals surface area contributed by atoms with E-state index in [-0.39, 0.29) is 12.0 Å². The van der Waals surface area contributed by atoms with E-state index >= 15 is 0 Å². The first kappa shape index (κ1) is 20.9. The summed E-state index contributed by atoms with van der Waals surface area (Å²) < 4.78 is 15.5. The molecule has 1 aromatic rings. The van der Waals surface area contributed by atoms with Gasteiger partial charge in [0.15, 0.2) is 0 Å². The molecule has 6 nitrogen and oxygen atoms in total. The second-order valence-electron chi connectivity index (χ2n) is 5.23. The monoisotopic (exact) mass is 367 g/mol. The minimum absolute atomic E-state index is 0.153. The Morgan fingerprint density at radius 3 is 2.52 bits per heavy atom. The fraction of sp³-hybridized carbons (Fsp3) is 0.444. The first-order valence-electron chi connectivity index (χ1n) is 7.68. The van der Waals surface area contributed by atoms with Crippen LogP contribution in [-0.4, -0.2) is 46.2 Å². The molecule has 0 spiro atoms. The van der Waals surface area contributed by atoms with Gasteiger partial charge in [-0.25, -0.2) is 4.79 Å². The van der Waals surface area contributed by atoms with Gasteiger partial charge < -0.3 is 19.0 Å². The summed E-state index contributed by atoms with van der Waals surface area (Å²) in [6.07, 6.45) is 4.98. The molecule has 1 rings (SSSR count). The smallest absolute Gasteiger partial charge is 0.333 e. The van der Waals surface area contributed by atoms with Crippen LogP contribution in [0.15, 0.2) is 34.5 Å². The molecule has 0 aliphatic rings. The highest BCUT2D eigenvalue weighted by atomic mass is 32.1. The first-order valence-corrected chi connectivity index (χ1v) is 8.55. The first-order chi connectivity index (χ1) is 12.0. The van der Waals surface area contributed by atoms with Crippen LogP contribution < -0.4 is 0 Å². The Hall–Kier alpha value is -2.12. The number of methoxy groups -OCH3 is 3. The summed E-state index contributed by atoms with van der Waals surface area (Å²) in [5.41, 5.74) is 1.86. The number of carbonyl (C=O) groups is 1. The predicted octanol–water partition coefficient (Wildman–Crippen LogP) is 3.49. The van der Waals surface area contributed by atoms with Gasteiger partial charge in [0.25, 0.3) is 0 Å². The second kappa shape index (κ2) is 10.7. The second-order valence-corrected chi connectivity index (χ2v) is 6.14. The van der Waals surface area contributed by atoms with E-state index < -0.39 is 5.97 Å². The van der Waals surface area contributed by atoms with Crippen molar-refractivity contribution < 1.29 is 23.8 Å². The Morgan fingerprint density at radius 1 is 1.24 bits per heavy atom. The number of rotatable bonds is 9. The zero-order valence-electron chi connectivity index (χ0n) is 15.4. The lowest BCUT2D eigenvalue weighted by Gasteiger charge is -2.21. The van der Waals surface area contributed by atoms with E-state index in [1.807, 2.05) is 37.4 Å². The molecule has 7 heteroatoms. The van der Waals surface area contributed by atoms with Crippen molar-refractivity contribution in [3.63, 3.8) is 0 Å². The third-order valence-electron chi connectivity index (χ3n) is 3.59. The van der Waals surface area contributed by atoms with Crippen molar-refractivity contribution in [2.45, 2.75) is 20.0 Å². The zero-order valence-corrected chi connectivity index (χ0v) is 16.3. The molecule has 0 radical (unpaired) electrons. The molecular weight excluding hydrogens is 342 g/mol. The molecule has 0 aromatic carbocycles. The van der Waals surface area contributed by atoms with Crippen molar-refractivity contribution in [3.05, 3.63) is 39.8 Å². The van der Waals surface area contributed by atoms with Gasteiger partial charge in [-0.3, -0.25) is 0 Å². The molecule has 0 aliphatic heterocycles. The summed E-state index contributed by atoms with van der Waals surface area (Å²) in [6.45, 7) is 3.82. The summed E-state index contributed by atoms with van der Waals surface area (Å²) in [4.78, 5) is 17.3. The summed E-state index contributed by atoms with van der Waals surface area (Å²) in [5.74, 6) is -0.115. The highest BCUT2D eigenvalue weighted by molar-refractivity contribution is 7.12. The fourth-order valence-electron chi connectivity index (χ4n) is 2.18. The molecule has 0 bridgehead atoms. The van der Waals surface area contributed by atoms with Gasteiger partial charge in [0.2, 0.25) is 0 Å². The normalized spacial score (nSPS) is 15.1. The van der Waals surface area contributed by atoms with Gasteiger partial charge in [-0.05, 0) is 23.9 Å². The third kappa shape index (κ3) is 6.36. The standard InChI is InChI=1S/C18H25NO5S/c1-12(16(22-4)10-18(20)23-5)15(21-3)8-7-14-9-17(25-11-14)13(2)19-24-6/h7-12,15H,1-6H3/b8-7+,16-10+,19-13-/t12-,15+/m1/s1. The van der Waals surface area contributed by atoms with Crippen LogP contribution in [0.25, 0.3) is 6.08 Å². The third-order valence-corrected chi connectivity index (χ3v) is 4.65. The van der Waals surface area contributed by atoms with Gasteiger partial charge in [-0.15, -0.1) is 11.3 Å². The fourth-order valence-corrected chi connectivity index (χ4v) is 3.00. The lowest BCUT2D eigenvalue weighted by atomic mass is 10.0. The Kier molecular flexibility index (Phi) is 8.94. The Balaban J connectivity index is 2.90. The zero-order chi connectivity index (χ0) is 18.8. The van der Waals surface area contributed by atoms with E-state index in [4.69, 9.17) is 14.3 Å². The van der Waals surface area contributed by atoms with Gasteiger partial charge in [0, 0.05) is 13.0 Å². The quantitative estimate of drug-likeness (QED) is 0.220. The van der Waals surface area contributed by atoms with Crippen LogP contribution in [0, 0.1) is 5.92 Å². The highest BCUT2D eigenvalue weighted by Gasteiger charge is 2.20. The number of nitrogens with zero attached hydrogens (tertiary/aromatic N) is 1. The molecule has 0 fully saturated rings. The molecule has 25 heavy (non-hydrogen) atoms. The largest absolute Gasteiger partial charge is 0.500 e. The Labute approximate surface area is 152 Å². The van der Waals surface area contributed by atoms with E-state index in [1.165, 1.54) is 27.4 Å². The summed E-state index contributed by atoms with van der Waals surface area (Å²) in [6, 6.07) is 2.03. The van der Waals surface area contributed by atoms with Crippen molar-refractivity contribution in [3.8, 4) is 0 Å². The lowest BCUT2D eigenvalue weighted by Crippen LogP contribution is -2.21. The van der Waals surface area contributed by atoms with Crippen LogP contribution in [0.4, 0.5) is 0 Å². The Bertz CT molecular complexity index is 648. The van der Waals surface area contributed by atoms with E-state index in [0.717, 1.165) is 16.2 Å².